The van der Waals surface area contributed by atoms with Crippen LogP contribution in [0.3, 0.4) is 0 Å². The summed E-state index contributed by atoms with van der Waals surface area (Å²) >= 11 is 1.76. The fourth-order valence-electron chi connectivity index (χ4n) is 0. The van der Waals surface area contributed by atoms with E-state index in [9.17, 15) is 0 Å². The van der Waals surface area contributed by atoms with E-state index in [1.807, 2.05) is 0 Å². The first-order valence-electron chi connectivity index (χ1n) is 0.408. The summed E-state index contributed by atoms with van der Waals surface area (Å²) in [5.41, 5.74) is 0. The summed E-state index contributed by atoms with van der Waals surface area (Å²) in [4.78, 5) is 0. The molecule has 4 heavy (non-hydrogen) atoms. The molecule has 0 aromatic rings. The van der Waals surface area contributed by atoms with Gasteiger partial charge in [-0.25, -0.2) is 0 Å². The Bertz CT molecular complexity index is 29.0. The van der Waals surface area contributed by atoms with E-state index < -0.39 is 0 Å². The van der Waals surface area contributed by atoms with Crippen molar-refractivity contribution < 1.29 is 0 Å². The Morgan fingerprint density at radius 2 is 1.75 bits per heavy atom. The summed E-state index contributed by atoms with van der Waals surface area (Å²) in [6.07, 6.45) is 0. The SMILES string of the molecule is [S]=[Pb]=[Te].[Sn]. The molecule has 0 aromatic carbocycles. The van der Waals surface area contributed by atoms with Crippen LogP contribution < -0.4 is 0 Å². The Kier molecular flexibility index (Phi) is 22.8. The van der Waals surface area contributed by atoms with E-state index in [1.165, 1.54) is 0 Å². The molecule has 0 saturated heterocycles. The van der Waals surface area contributed by atoms with Crippen LogP contribution in [0, 0.1) is 0 Å². The monoisotopic (exact) mass is 490 g/mol. The van der Waals surface area contributed by atoms with Crippen molar-refractivity contribution in [3.63, 3.8) is 0 Å². The maximum atomic E-state index is 4.59. The van der Waals surface area contributed by atoms with Gasteiger partial charge < -0.3 is 0 Å². The van der Waals surface area contributed by atoms with Crippen molar-refractivity contribution in [3.05, 3.63) is 0 Å². The average Bonchev–Trinajstić information content (AvgIpc) is 0.918. The largest absolute Gasteiger partial charge is 0 e. The predicted octanol–water partition coefficient (Wildman–Crippen LogP) is -0.494. The van der Waals surface area contributed by atoms with Gasteiger partial charge in [-0.3, -0.25) is 0 Å². The standard InChI is InChI=1S/Pb.S.Sn.Te. The average molecular weight is 486 g/mol. The fourth-order valence-corrected chi connectivity index (χ4v) is 0. The summed E-state index contributed by atoms with van der Waals surface area (Å²) < 4.78 is 0. The number of rotatable bonds is 0. The molecule has 0 unspecified atom stereocenters. The first-order valence-corrected chi connectivity index (χ1v) is 17.4. The van der Waals surface area contributed by atoms with Gasteiger partial charge in [0.15, 0.2) is 0 Å². The zero-order valence-electron chi connectivity index (χ0n) is 1.82. The Labute approximate surface area is 65.1 Å². The molecule has 0 rings (SSSR count). The topological polar surface area (TPSA) is 0 Å². The third kappa shape index (κ3) is 8.83. The van der Waals surface area contributed by atoms with Crippen LogP contribution in [-0.2, 0) is 0 Å². The second-order valence-electron chi connectivity index (χ2n) is 0.0833. The summed E-state index contributed by atoms with van der Waals surface area (Å²) in [5, 5.41) is 0. The quantitative estimate of drug-likeness (QED) is 0.418. The normalized spacial score (nSPS) is 2.00. The second kappa shape index (κ2) is 9.21. The zero-order chi connectivity index (χ0) is 2.71. The van der Waals surface area contributed by atoms with Crippen molar-refractivity contribution in [1.82, 2.24) is 0 Å². The van der Waals surface area contributed by atoms with Crippen molar-refractivity contribution in [2.45, 2.75) is 0 Å². The van der Waals surface area contributed by atoms with Gasteiger partial charge in [0.25, 0.3) is 0 Å². The van der Waals surface area contributed by atoms with Crippen LogP contribution in [0.15, 0.2) is 0 Å². The molecule has 0 aliphatic carbocycles. The minimum atomic E-state index is -0.323. The zero-order valence-corrected chi connectivity index (χ0v) is 11.7. The Morgan fingerprint density at radius 1 is 1.75 bits per heavy atom. The molecule has 0 aliphatic heterocycles. The van der Waals surface area contributed by atoms with Crippen molar-refractivity contribution in [2.24, 2.45) is 0 Å². The van der Waals surface area contributed by atoms with E-state index in [0.29, 0.717) is 0 Å². The van der Waals surface area contributed by atoms with E-state index >= 15 is 0 Å². The van der Waals surface area contributed by atoms with E-state index in [4.69, 9.17) is 0 Å². The molecule has 4 heteroatoms. The minimum Gasteiger partial charge on any atom is 0 e. The van der Waals surface area contributed by atoms with Gasteiger partial charge >= 0.3 is 42.8 Å². The van der Waals surface area contributed by atoms with Crippen LogP contribution >= 0.6 is 8.65 Å². The molecule has 0 aliphatic rings. The van der Waals surface area contributed by atoms with Crippen molar-refractivity contribution in [1.29, 1.82) is 0 Å². The van der Waals surface area contributed by atoms with Gasteiger partial charge in [0, 0.05) is 23.9 Å². The number of hydrogen-bond donors (Lipinski definition) is 0. The Balaban J connectivity index is 0. The number of hydrogen-bond acceptors (Lipinski definition) is 1. The maximum Gasteiger partial charge on any atom is 0 e. The van der Waals surface area contributed by atoms with Crippen molar-refractivity contribution in [2.75, 3.05) is 0 Å². The van der Waals surface area contributed by atoms with Crippen LogP contribution in [0.4, 0.5) is 0 Å². The summed E-state index contributed by atoms with van der Waals surface area (Å²) in [6.45, 7) is 0. The summed E-state index contributed by atoms with van der Waals surface area (Å²) in [6, 6.07) is 0. The van der Waals surface area contributed by atoms with Gasteiger partial charge in [0.2, 0.25) is 0 Å². The van der Waals surface area contributed by atoms with Gasteiger partial charge in [-0.05, 0) is 0 Å². The van der Waals surface area contributed by atoms with E-state index in [2.05, 4.69) is 25.5 Å². The van der Waals surface area contributed by atoms with E-state index in [-0.39, 0.29) is 41.2 Å². The molecule has 0 amide bonds. The molecule has 0 nitrogen and oxygen atoms in total. The van der Waals surface area contributed by atoms with Crippen LogP contribution in [0.25, 0.3) is 0 Å². The predicted molar refractivity (Wildman–Crippen MR) is 24.9 cm³/mol. The molecule has 0 aromatic heterocycles. The van der Waals surface area contributed by atoms with Gasteiger partial charge in [-0.2, -0.15) is 0 Å². The fraction of sp³-hybridized carbons (Fsp3) is 0. The van der Waals surface area contributed by atoms with Gasteiger partial charge in [-0.15, -0.1) is 0 Å². The third-order valence-electron chi connectivity index (χ3n) is 0. The van der Waals surface area contributed by atoms with Gasteiger partial charge in [0.05, 0.1) is 0 Å². The minimum absolute atomic E-state index is 0. The van der Waals surface area contributed by atoms with Crippen LogP contribution in [0.1, 0.15) is 0 Å². The maximum absolute atomic E-state index is 4.59. The first kappa shape index (κ1) is 9.88. The summed E-state index contributed by atoms with van der Waals surface area (Å²) in [7, 11) is 4.59. The first-order chi connectivity index (χ1) is 1.41. The van der Waals surface area contributed by atoms with Gasteiger partial charge in [0.1, 0.15) is 0 Å². The molecule has 4 radical (unpaired) electrons. The third-order valence-corrected chi connectivity index (χ3v) is 0. The molecule has 20 valence electrons. The van der Waals surface area contributed by atoms with E-state index in [1.54, 1.807) is 0 Å². The molecular formula is PbSSnTe. The molecule has 0 heterocycles. The van der Waals surface area contributed by atoms with Crippen molar-refractivity contribution in [3.8, 4) is 0 Å². The molecule has 0 spiro atoms. The molecular weight excluding hydrogens is 486 g/mol. The smallest absolute Gasteiger partial charge is 0 e. The van der Waals surface area contributed by atoms with Crippen LogP contribution in [0.2, 0.25) is 0 Å². The molecule has 0 bridgehead atoms. The Morgan fingerprint density at radius 3 is 1.75 bits per heavy atom. The van der Waals surface area contributed by atoms with Gasteiger partial charge in [-0.1, -0.05) is 0 Å². The van der Waals surface area contributed by atoms with Crippen LogP contribution in [-0.4, -0.2) is 58.0 Å². The molecule has 0 saturated carbocycles. The summed E-state index contributed by atoms with van der Waals surface area (Å²) in [5.74, 6) is 0. The van der Waals surface area contributed by atoms with E-state index in [0.717, 1.165) is 0 Å². The molecule has 0 N–H and O–H groups in total. The van der Waals surface area contributed by atoms with Crippen LogP contribution in [0.5, 0.6) is 0 Å². The molecule has 0 atom stereocenters. The Hall–Kier alpha value is 2.73. The second-order valence-corrected chi connectivity index (χ2v) is 14.7. The molecule has 0 fully saturated rings. The van der Waals surface area contributed by atoms with Crippen molar-refractivity contribution >= 4 is 66.7 Å².